The molecule has 0 unspecified atom stereocenters. The van der Waals surface area contributed by atoms with Crippen molar-refractivity contribution in [2.24, 2.45) is 5.92 Å². The third-order valence-electron chi connectivity index (χ3n) is 2.66. The van der Waals surface area contributed by atoms with Crippen LogP contribution in [0.5, 0.6) is 0 Å². The predicted octanol–water partition coefficient (Wildman–Crippen LogP) is 1.99. The van der Waals surface area contributed by atoms with Gasteiger partial charge in [0.25, 0.3) is 0 Å². The fraction of sp³-hybridized carbons (Fsp3) is 0.636. The number of alkyl halides is 1. The van der Waals surface area contributed by atoms with Crippen LogP contribution in [0.1, 0.15) is 12.8 Å². The topological polar surface area (TPSA) is 46.6 Å². The minimum atomic E-state index is -0.315. The van der Waals surface area contributed by atoms with E-state index in [9.17, 15) is 9.59 Å². The molecule has 0 atom stereocenters. The normalized spacial score (nSPS) is 16.9. The van der Waals surface area contributed by atoms with Crippen LogP contribution in [-0.4, -0.2) is 41.8 Å². The van der Waals surface area contributed by atoms with E-state index in [2.05, 4.69) is 22.5 Å². The van der Waals surface area contributed by atoms with E-state index in [1.165, 1.54) is 0 Å². The largest absolute Gasteiger partial charge is 0.445 e. The van der Waals surface area contributed by atoms with Crippen LogP contribution < -0.4 is 0 Å². The van der Waals surface area contributed by atoms with Crippen LogP contribution in [0, 0.1) is 5.92 Å². The first-order valence-corrected chi connectivity index (χ1v) is 6.42. The first-order chi connectivity index (χ1) is 7.69. The van der Waals surface area contributed by atoms with Crippen LogP contribution in [0.2, 0.25) is 0 Å². The van der Waals surface area contributed by atoms with Gasteiger partial charge in [0, 0.05) is 19.0 Å². The minimum Gasteiger partial charge on any atom is -0.445 e. The molecule has 0 aliphatic carbocycles. The lowest BCUT2D eigenvalue weighted by molar-refractivity contribution is -0.121. The molecule has 1 rings (SSSR count). The number of carbonyl (C=O) groups excluding carboxylic acids is 2. The van der Waals surface area contributed by atoms with E-state index < -0.39 is 0 Å². The molecule has 16 heavy (non-hydrogen) atoms. The number of halogens is 1. The van der Waals surface area contributed by atoms with Crippen molar-refractivity contribution in [3.05, 3.63) is 12.7 Å². The summed E-state index contributed by atoms with van der Waals surface area (Å²) in [5, 5.41) is 0.401. The van der Waals surface area contributed by atoms with Gasteiger partial charge in [-0.15, -0.1) is 0 Å². The number of piperidine rings is 1. The highest BCUT2D eigenvalue weighted by Gasteiger charge is 2.26. The van der Waals surface area contributed by atoms with Gasteiger partial charge in [-0.1, -0.05) is 28.6 Å². The highest BCUT2D eigenvalue weighted by molar-refractivity contribution is 9.09. The first kappa shape index (κ1) is 13.2. The number of hydrogen-bond acceptors (Lipinski definition) is 3. The quantitative estimate of drug-likeness (QED) is 0.587. The molecule has 0 aromatic rings. The Hall–Kier alpha value is -0.840. The molecular formula is C11H16BrNO3. The Balaban J connectivity index is 2.33. The van der Waals surface area contributed by atoms with E-state index in [-0.39, 0.29) is 24.4 Å². The molecule has 1 heterocycles. The van der Waals surface area contributed by atoms with E-state index in [0.717, 1.165) is 12.8 Å². The molecule has 1 amide bonds. The average molecular weight is 290 g/mol. The van der Waals surface area contributed by atoms with Crippen LogP contribution in [0.15, 0.2) is 12.7 Å². The standard InChI is InChI=1S/C11H16BrNO3/c1-2-7-16-11(15)13-5-3-9(4-6-13)10(14)8-12/h2,9H,1,3-8H2. The molecule has 0 aromatic carbocycles. The highest BCUT2D eigenvalue weighted by atomic mass is 79.9. The van der Waals surface area contributed by atoms with Crippen molar-refractivity contribution < 1.29 is 14.3 Å². The minimum absolute atomic E-state index is 0.0860. The SMILES string of the molecule is C=CCOC(=O)N1CCC(C(=O)CBr)CC1. The van der Waals surface area contributed by atoms with E-state index in [1.54, 1.807) is 11.0 Å². The third kappa shape index (κ3) is 3.63. The molecule has 0 spiro atoms. The lowest BCUT2D eigenvalue weighted by atomic mass is 9.94. The number of rotatable bonds is 4. The Labute approximate surface area is 104 Å². The zero-order valence-electron chi connectivity index (χ0n) is 9.15. The van der Waals surface area contributed by atoms with Crippen molar-refractivity contribution in [2.75, 3.05) is 25.0 Å². The molecule has 1 fully saturated rings. The number of amides is 1. The van der Waals surface area contributed by atoms with Gasteiger partial charge in [-0.05, 0) is 12.8 Å². The summed E-state index contributed by atoms with van der Waals surface area (Å²) in [6.45, 7) is 4.91. The summed E-state index contributed by atoms with van der Waals surface area (Å²) in [7, 11) is 0. The number of nitrogens with zero attached hydrogens (tertiary/aromatic N) is 1. The van der Waals surface area contributed by atoms with Gasteiger partial charge < -0.3 is 9.64 Å². The smallest absolute Gasteiger partial charge is 0.410 e. The second kappa shape index (κ2) is 6.68. The van der Waals surface area contributed by atoms with Crippen LogP contribution in [0.4, 0.5) is 4.79 Å². The number of likely N-dealkylation sites (tertiary alicyclic amines) is 1. The number of ether oxygens (including phenoxy) is 1. The summed E-state index contributed by atoms with van der Waals surface area (Å²) in [5.41, 5.74) is 0. The van der Waals surface area contributed by atoms with Crippen molar-refractivity contribution in [2.45, 2.75) is 12.8 Å². The maximum atomic E-state index is 11.5. The number of carbonyl (C=O) groups is 2. The molecule has 0 bridgehead atoms. The summed E-state index contributed by atoms with van der Waals surface area (Å²) in [4.78, 5) is 24.5. The van der Waals surface area contributed by atoms with Gasteiger partial charge in [-0.3, -0.25) is 4.79 Å². The predicted molar refractivity (Wildman–Crippen MR) is 64.6 cm³/mol. The monoisotopic (exact) mass is 289 g/mol. The van der Waals surface area contributed by atoms with Crippen molar-refractivity contribution in [1.29, 1.82) is 0 Å². The third-order valence-corrected chi connectivity index (χ3v) is 3.22. The summed E-state index contributed by atoms with van der Waals surface area (Å²) in [5.74, 6) is 0.307. The summed E-state index contributed by atoms with van der Waals surface area (Å²) in [6, 6.07) is 0. The average Bonchev–Trinajstić information content (AvgIpc) is 2.35. The zero-order chi connectivity index (χ0) is 12.0. The number of hydrogen-bond donors (Lipinski definition) is 0. The Kier molecular flexibility index (Phi) is 5.52. The van der Waals surface area contributed by atoms with E-state index in [4.69, 9.17) is 4.74 Å². The van der Waals surface area contributed by atoms with Crippen LogP contribution in [-0.2, 0) is 9.53 Å². The lowest BCUT2D eigenvalue weighted by Crippen LogP contribution is -2.40. The molecule has 1 aliphatic rings. The Morgan fingerprint density at radius 2 is 2.06 bits per heavy atom. The van der Waals surface area contributed by atoms with Gasteiger partial charge in [-0.25, -0.2) is 4.79 Å². The molecule has 1 saturated heterocycles. The molecule has 0 saturated carbocycles. The second-order valence-corrected chi connectivity index (χ2v) is 4.29. The van der Waals surface area contributed by atoms with Crippen molar-refractivity contribution in [3.63, 3.8) is 0 Å². The Morgan fingerprint density at radius 3 is 2.56 bits per heavy atom. The molecule has 5 heteroatoms. The zero-order valence-corrected chi connectivity index (χ0v) is 10.7. The van der Waals surface area contributed by atoms with Gasteiger partial charge in [0.15, 0.2) is 0 Å². The van der Waals surface area contributed by atoms with Gasteiger partial charge >= 0.3 is 6.09 Å². The fourth-order valence-corrected chi connectivity index (χ4v) is 2.17. The highest BCUT2D eigenvalue weighted by Crippen LogP contribution is 2.19. The molecule has 0 aromatic heterocycles. The van der Waals surface area contributed by atoms with Crippen molar-refractivity contribution in [1.82, 2.24) is 4.90 Å². The maximum Gasteiger partial charge on any atom is 0.410 e. The maximum absolute atomic E-state index is 11.5. The number of Topliss-reactive ketones (excluding diaryl/α,β-unsaturated/α-hetero) is 1. The van der Waals surface area contributed by atoms with E-state index >= 15 is 0 Å². The van der Waals surface area contributed by atoms with Gasteiger partial charge in [0.2, 0.25) is 0 Å². The second-order valence-electron chi connectivity index (χ2n) is 3.73. The molecule has 1 aliphatic heterocycles. The van der Waals surface area contributed by atoms with Crippen LogP contribution >= 0.6 is 15.9 Å². The fourth-order valence-electron chi connectivity index (χ4n) is 1.71. The van der Waals surface area contributed by atoms with Gasteiger partial charge in [0.1, 0.15) is 12.4 Å². The van der Waals surface area contributed by atoms with E-state index in [0.29, 0.717) is 18.4 Å². The van der Waals surface area contributed by atoms with Crippen molar-refractivity contribution in [3.8, 4) is 0 Å². The first-order valence-electron chi connectivity index (χ1n) is 5.30. The van der Waals surface area contributed by atoms with Gasteiger partial charge in [0.05, 0.1) is 5.33 Å². The molecular weight excluding hydrogens is 274 g/mol. The molecule has 90 valence electrons. The summed E-state index contributed by atoms with van der Waals surface area (Å²) >= 11 is 3.16. The molecule has 0 N–H and O–H groups in total. The van der Waals surface area contributed by atoms with Crippen LogP contribution in [0.3, 0.4) is 0 Å². The Morgan fingerprint density at radius 1 is 1.44 bits per heavy atom. The Bertz CT molecular complexity index is 272. The van der Waals surface area contributed by atoms with Crippen molar-refractivity contribution >= 4 is 27.8 Å². The van der Waals surface area contributed by atoms with Crippen LogP contribution in [0.25, 0.3) is 0 Å². The summed E-state index contributed by atoms with van der Waals surface area (Å²) in [6.07, 6.45) is 2.69. The van der Waals surface area contributed by atoms with Gasteiger partial charge in [-0.2, -0.15) is 0 Å². The summed E-state index contributed by atoms with van der Waals surface area (Å²) < 4.78 is 4.93. The number of ketones is 1. The molecule has 0 radical (unpaired) electrons. The lowest BCUT2D eigenvalue weighted by Gasteiger charge is -2.30. The van der Waals surface area contributed by atoms with E-state index in [1.807, 2.05) is 0 Å². The molecule has 4 nitrogen and oxygen atoms in total.